The fourth-order valence-corrected chi connectivity index (χ4v) is 2.50. The summed E-state index contributed by atoms with van der Waals surface area (Å²) in [4.78, 5) is 8.89. The van der Waals surface area contributed by atoms with Crippen molar-refractivity contribution in [3.05, 3.63) is 28.0 Å². The molecule has 92 valence electrons. The summed E-state index contributed by atoms with van der Waals surface area (Å²) >= 11 is 1.72. The predicted molar refractivity (Wildman–Crippen MR) is 71.7 cm³/mol. The van der Waals surface area contributed by atoms with Crippen molar-refractivity contribution in [2.24, 2.45) is 0 Å². The zero-order valence-corrected chi connectivity index (χ0v) is 11.3. The summed E-state index contributed by atoms with van der Waals surface area (Å²) in [7, 11) is 0. The Balaban J connectivity index is 1.89. The number of aryl methyl sites for hydroxylation is 3. The molecule has 2 rings (SSSR count). The van der Waals surface area contributed by atoms with Crippen LogP contribution in [0.3, 0.4) is 0 Å². The van der Waals surface area contributed by atoms with Gasteiger partial charge in [-0.2, -0.15) is 0 Å². The zero-order valence-electron chi connectivity index (χ0n) is 10.5. The first-order valence-corrected chi connectivity index (χ1v) is 6.75. The van der Waals surface area contributed by atoms with Crippen LogP contribution in [0.2, 0.25) is 0 Å². The summed E-state index contributed by atoms with van der Waals surface area (Å²) in [6.45, 7) is 7.99. The number of hydrogen-bond acceptors (Lipinski definition) is 4. The Morgan fingerprint density at radius 2 is 2.12 bits per heavy atom. The molecule has 17 heavy (non-hydrogen) atoms. The van der Waals surface area contributed by atoms with E-state index in [2.05, 4.69) is 38.4 Å². The van der Waals surface area contributed by atoms with Crippen molar-refractivity contribution < 1.29 is 0 Å². The van der Waals surface area contributed by atoms with Crippen LogP contribution in [0.5, 0.6) is 0 Å². The van der Waals surface area contributed by atoms with E-state index in [0.29, 0.717) is 0 Å². The van der Waals surface area contributed by atoms with Gasteiger partial charge in [0, 0.05) is 36.8 Å². The molecular weight excluding hydrogens is 232 g/mol. The van der Waals surface area contributed by atoms with Gasteiger partial charge in [-0.15, -0.1) is 11.3 Å². The van der Waals surface area contributed by atoms with Gasteiger partial charge in [-0.25, -0.2) is 9.97 Å². The largest absolute Gasteiger partial charge is 0.355 e. The molecule has 0 unspecified atom stereocenters. The highest BCUT2D eigenvalue weighted by Crippen LogP contribution is 2.11. The summed E-state index contributed by atoms with van der Waals surface area (Å²) in [6, 6.07) is 0. The lowest BCUT2D eigenvalue weighted by atomic mass is 10.4. The molecule has 2 aromatic heterocycles. The number of rotatable bonds is 5. The Bertz CT molecular complexity index is 486. The SMILES string of the molecule is CCn1cc(C)nc1NCCc1nc(C)cs1. The van der Waals surface area contributed by atoms with E-state index in [4.69, 9.17) is 0 Å². The van der Waals surface area contributed by atoms with Crippen molar-refractivity contribution in [2.75, 3.05) is 11.9 Å². The van der Waals surface area contributed by atoms with Gasteiger partial charge in [0.2, 0.25) is 5.95 Å². The smallest absolute Gasteiger partial charge is 0.203 e. The minimum absolute atomic E-state index is 0.878. The van der Waals surface area contributed by atoms with Gasteiger partial charge in [0.25, 0.3) is 0 Å². The van der Waals surface area contributed by atoms with Gasteiger partial charge in [-0.1, -0.05) is 0 Å². The van der Waals surface area contributed by atoms with Crippen LogP contribution in [0.25, 0.3) is 0 Å². The van der Waals surface area contributed by atoms with E-state index in [1.54, 1.807) is 11.3 Å². The third-order valence-electron chi connectivity index (χ3n) is 2.53. The van der Waals surface area contributed by atoms with Crippen molar-refractivity contribution in [1.82, 2.24) is 14.5 Å². The molecule has 0 aliphatic carbocycles. The molecule has 0 amide bonds. The third kappa shape index (κ3) is 3.06. The molecule has 0 aliphatic heterocycles. The fourth-order valence-electron chi connectivity index (χ4n) is 1.73. The summed E-state index contributed by atoms with van der Waals surface area (Å²) in [5.74, 6) is 0.957. The van der Waals surface area contributed by atoms with Crippen LogP contribution in [-0.4, -0.2) is 21.1 Å². The van der Waals surface area contributed by atoms with Crippen LogP contribution in [0.1, 0.15) is 23.3 Å². The van der Waals surface area contributed by atoms with Gasteiger partial charge in [0.1, 0.15) is 0 Å². The molecule has 2 aromatic rings. The third-order valence-corrected chi connectivity index (χ3v) is 3.55. The molecule has 0 spiro atoms. The van der Waals surface area contributed by atoms with E-state index in [0.717, 1.165) is 36.8 Å². The molecule has 0 saturated heterocycles. The second kappa shape index (κ2) is 5.31. The van der Waals surface area contributed by atoms with Gasteiger partial charge in [0.15, 0.2) is 0 Å². The van der Waals surface area contributed by atoms with Gasteiger partial charge < -0.3 is 9.88 Å². The average molecular weight is 250 g/mol. The normalized spacial score (nSPS) is 10.8. The number of hydrogen-bond donors (Lipinski definition) is 1. The quantitative estimate of drug-likeness (QED) is 0.887. The van der Waals surface area contributed by atoms with E-state index >= 15 is 0 Å². The first-order valence-electron chi connectivity index (χ1n) is 5.87. The van der Waals surface area contributed by atoms with E-state index < -0.39 is 0 Å². The number of anilines is 1. The first-order chi connectivity index (χ1) is 8.19. The standard InChI is InChI=1S/C12H18N4S/c1-4-16-7-9(2)15-12(16)13-6-5-11-14-10(3)8-17-11/h7-8H,4-6H2,1-3H3,(H,13,15). The molecule has 1 N–H and O–H groups in total. The van der Waals surface area contributed by atoms with Crippen molar-refractivity contribution in [1.29, 1.82) is 0 Å². The van der Waals surface area contributed by atoms with Crippen LogP contribution >= 0.6 is 11.3 Å². The highest BCUT2D eigenvalue weighted by Gasteiger charge is 2.04. The summed E-state index contributed by atoms with van der Waals surface area (Å²) in [5, 5.41) is 6.63. The maximum absolute atomic E-state index is 4.45. The predicted octanol–water partition coefficient (Wildman–Crippen LogP) is 2.63. The van der Waals surface area contributed by atoms with Crippen LogP contribution in [0, 0.1) is 13.8 Å². The van der Waals surface area contributed by atoms with Crippen LogP contribution in [0.4, 0.5) is 5.95 Å². The average Bonchev–Trinajstić information content (AvgIpc) is 2.85. The molecule has 0 radical (unpaired) electrons. The maximum atomic E-state index is 4.45. The topological polar surface area (TPSA) is 42.7 Å². The number of aromatic nitrogens is 3. The van der Waals surface area contributed by atoms with Crippen LogP contribution in [0.15, 0.2) is 11.6 Å². The summed E-state index contributed by atoms with van der Waals surface area (Å²) < 4.78 is 2.13. The minimum atomic E-state index is 0.878. The van der Waals surface area contributed by atoms with Gasteiger partial charge in [-0.3, -0.25) is 0 Å². The second-order valence-electron chi connectivity index (χ2n) is 4.05. The second-order valence-corrected chi connectivity index (χ2v) is 4.99. The number of nitrogens with one attached hydrogen (secondary N) is 1. The molecule has 5 heteroatoms. The maximum Gasteiger partial charge on any atom is 0.203 e. The first kappa shape index (κ1) is 12.1. The highest BCUT2D eigenvalue weighted by molar-refractivity contribution is 7.09. The Morgan fingerprint density at radius 3 is 2.76 bits per heavy atom. The van der Waals surface area contributed by atoms with Gasteiger partial charge >= 0.3 is 0 Å². The summed E-state index contributed by atoms with van der Waals surface area (Å²) in [5.41, 5.74) is 2.16. The molecule has 0 fully saturated rings. The molecule has 0 aliphatic rings. The molecule has 0 saturated carbocycles. The molecular formula is C12H18N4S. The van der Waals surface area contributed by atoms with E-state index in [1.807, 2.05) is 13.8 Å². The van der Waals surface area contributed by atoms with E-state index in [9.17, 15) is 0 Å². The Morgan fingerprint density at radius 1 is 1.29 bits per heavy atom. The number of thiazole rings is 1. The van der Waals surface area contributed by atoms with Gasteiger partial charge in [-0.05, 0) is 20.8 Å². The van der Waals surface area contributed by atoms with Crippen molar-refractivity contribution in [3.8, 4) is 0 Å². The molecule has 0 atom stereocenters. The lowest BCUT2D eigenvalue weighted by molar-refractivity contribution is 0.761. The Labute approximate surface area is 106 Å². The van der Waals surface area contributed by atoms with Crippen molar-refractivity contribution in [3.63, 3.8) is 0 Å². The van der Waals surface area contributed by atoms with E-state index in [-0.39, 0.29) is 0 Å². The highest BCUT2D eigenvalue weighted by atomic mass is 32.1. The van der Waals surface area contributed by atoms with E-state index in [1.165, 1.54) is 5.01 Å². The Hall–Kier alpha value is -1.36. The number of nitrogens with zero attached hydrogens (tertiary/aromatic N) is 3. The fraction of sp³-hybridized carbons (Fsp3) is 0.500. The number of imidazole rings is 1. The van der Waals surface area contributed by atoms with Crippen LogP contribution in [-0.2, 0) is 13.0 Å². The Kier molecular flexibility index (Phi) is 3.78. The monoisotopic (exact) mass is 250 g/mol. The molecule has 4 nitrogen and oxygen atoms in total. The minimum Gasteiger partial charge on any atom is -0.355 e. The molecule has 0 aromatic carbocycles. The molecule has 2 heterocycles. The lowest BCUT2D eigenvalue weighted by Crippen LogP contribution is -2.09. The van der Waals surface area contributed by atoms with Crippen molar-refractivity contribution >= 4 is 17.3 Å². The summed E-state index contributed by atoms with van der Waals surface area (Å²) in [6.07, 6.45) is 3.02. The van der Waals surface area contributed by atoms with Crippen molar-refractivity contribution in [2.45, 2.75) is 33.7 Å². The zero-order chi connectivity index (χ0) is 12.3. The van der Waals surface area contributed by atoms with Gasteiger partial charge in [0.05, 0.1) is 10.7 Å². The van der Waals surface area contributed by atoms with Crippen LogP contribution < -0.4 is 5.32 Å². The lowest BCUT2D eigenvalue weighted by Gasteiger charge is -2.06. The molecule has 0 bridgehead atoms.